The number of carbonyl (C=O) groups is 1. The van der Waals surface area contributed by atoms with E-state index in [1.54, 1.807) is 31.1 Å². The molecule has 0 fully saturated rings. The number of amides is 1. The minimum absolute atomic E-state index is 0.0797. The number of nitro groups is 1. The lowest BCUT2D eigenvalue weighted by Crippen LogP contribution is -2.13. The summed E-state index contributed by atoms with van der Waals surface area (Å²) in [6.07, 6.45) is -0.670. The highest BCUT2D eigenvalue weighted by molar-refractivity contribution is 5.86. The summed E-state index contributed by atoms with van der Waals surface area (Å²) in [6.45, 7) is 0. The predicted molar refractivity (Wildman–Crippen MR) is 63.5 cm³/mol. The molecule has 0 aliphatic carbocycles. The Kier molecular flexibility index (Phi) is 3.86. The Morgan fingerprint density at radius 1 is 1.47 bits per heavy atom. The van der Waals surface area contributed by atoms with Gasteiger partial charge in [0.25, 0.3) is 5.69 Å². The van der Waals surface area contributed by atoms with E-state index in [2.05, 4.69) is 10.1 Å². The Bertz CT molecular complexity index is 445. The SMILES string of the molecule is COC(=O)Nc1ccc(N(C)C)c([N+](=O)[O-])c1. The predicted octanol–water partition coefficient (Wildman–Crippen LogP) is 1.84. The molecular formula is C10H13N3O4. The molecule has 0 saturated heterocycles. The van der Waals surface area contributed by atoms with E-state index in [9.17, 15) is 14.9 Å². The van der Waals surface area contributed by atoms with Crippen molar-refractivity contribution in [2.45, 2.75) is 0 Å². The van der Waals surface area contributed by atoms with Crippen LogP contribution in [-0.4, -0.2) is 32.2 Å². The fraction of sp³-hybridized carbons (Fsp3) is 0.300. The van der Waals surface area contributed by atoms with Crippen LogP contribution >= 0.6 is 0 Å². The van der Waals surface area contributed by atoms with E-state index < -0.39 is 11.0 Å². The van der Waals surface area contributed by atoms with Crippen molar-refractivity contribution in [2.24, 2.45) is 0 Å². The molecule has 0 aromatic heterocycles. The second-order valence-electron chi connectivity index (χ2n) is 3.47. The standard InChI is InChI=1S/C10H13N3O4/c1-12(2)8-5-4-7(11-10(14)17-3)6-9(8)13(15)16/h4-6H,1-3H3,(H,11,14). The zero-order valence-electron chi connectivity index (χ0n) is 9.76. The second-order valence-corrected chi connectivity index (χ2v) is 3.47. The van der Waals surface area contributed by atoms with Gasteiger partial charge in [-0.1, -0.05) is 0 Å². The van der Waals surface area contributed by atoms with Gasteiger partial charge in [0, 0.05) is 20.2 Å². The highest BCUT2D eigenvalue weighted by Gasteiger charge is 2.16. The van der Waals surface area contributed by atoms with Crippen LogP contribution in [0.2, 0.25) is 0 Å². The van der Waals surface area contributed by atoms with Crippen LogP contribution in [0, 0.1) is 10.1 Å². The van der Waals surface area contributed by atoms with E-state index in [4.69, 9.17) is 0 Å². The number of methoxy groups -OCH3 is 1. The number of carbonyl (C=O) groups excluding carboxylic acids is 1. The first-order valence-corrected chi connectivity index (χ1v) is 4.76. The molecule has 0 bridgehead atoms. The van der Waals surface area contributed by atoms with Gasteiger partial charge in [0.15, 0.2) is 0 Å². The maximum Gasteiger partial charge on any atom is 0.411 e. The molecule has 0 aliphatic heterocycles. The molecule has 0 saturated carbocycles. The van der Waals surface area contributed by atoms with Gasteiger partial charge in [-0.3, -0.25) is 15.4 Å². The van der Waals surface area contributed by atoms with Crippen LogP contribution in [0.25, 0.3) is 0 Å². The number of hydrogen-bond acceptors (Lipinski definition) is 5. The van der Waals surface area contributed by atoms with Crippen LogP contribution in [0.15, 0.2) is 18.2 Å². The first kappa shape index (κ1) is 12.8. The summed E-state index contributed by atoms with van der Waals surface area (Å²) < 4.78 is 4.40. The molecule has 92 valence electrons. The fourth-order valence-corrected chi connectivity index (χ4v) is 1.29. The van der Waals surface area contributed by atoms with Crippen molar-refractivity contribution in [1.29, 1.82) is 0 Å². The maximum absolute atomic E-state index is 11.0. The third kappa shape index (κ3) is 3.07. The van der Waals surface area contributed by atoms with E-state index in [1.165, 1.54) is 13.2 Å². The zero-order valence-corrected chi connectivity index (χ0v) is 9.76. The largest absolute Gasteiger partial charge is 0.453 e. The van der Waals surface area contributed by atoms with E-state index in [0.717, 1.165) is 0 Å². The van der Waals surface area contributed by atoms with E-state index in [-0.39, 0.29) is 5.69 Å². The van der Waals surface area contributed by atoms with Gasteiger partial charge in [-0.2, -0.15) is 0 Å². The van der Waals surface area contributed by atoms with E-state index >= 15 is 0 Å². The quantitative estimate of drug-likeness (QED) is 0.642. The Morgan fingerprint density at radius 3 is 2.59 bits per heavy atom. The highest BCUT2D eigenvalue weighted by atomic mass is 16.6. The molecule has 0 radical (unpaired) electrons. The lowest BCUT2D eigenvalue weighted by Gasteiger charge is -2.13. The summed E-state index contributed by atoms with van der Waals surface area (Å²) in [5, 5.41) is 13.2. The van der Waals surface area contributed by atoms with Crippen LogP contribution in [-0.2, 0) is 4.74 Å². The first-order chi connectivity index (χ1) is 7.95. The fourth-order valence-electron chi connectivity index (χ4n) is 1.29. The van der Waals surface area contributed by atoms with Crippen molar-refractivity contribution in [1.82, 2.24) is 0 Å². The van der Waals surface area contributed by atoms with Crippen molar-refractivity contribution in [3.8, 4) is 0 Å². The minimum atomic E-state index is -0.670. The average molecular weight is 239 g/mol. The average Bonchev–Trinajstić information content (AvgIpc) is 2.28. The molecule has 1 aromatic rings. The normalized spacial score (nSPS) is 9.59. The van der Waals surface area contributed by atoms with Crippen LogP contribution in [0.3, 0.4) is 0 Å². The molecule has 1 rings (SSSR count). The van der Waals surface area contributed by atoms with Crippen LogP contribution in [0.4, 0.5) is 21.9 Å². The molecule has 7 nitrogen and oxygen atoms in total. The van der Waals surface area contributed by atoms with Gasteiger partial charge in [0.05, 0.1) is 17.7 Å². The van der Waals surface area contributed by atoms with Gasteiger partial charge in [-0.25, -0.2) is 4.79 Å². The number of rotatable bonds is 3. The molecular weight excluding hydrogens is 226 g/mol. The van der Waals surface area contributed by atoms with Crippen molar-refractivity contribution >= 4 is 23.2 Å². The van der Waals surface area contributed by atoms with E-state index in [1.807, 2.05) is 0 Å². The van der Waals surface area contributed by atoms with Gasteiger partial charge in [-0.15, -0.1) is 0 Å². The third-order valence-electron chi connectivity index (χ3n) is 2.09. The van der Waals surface area contributed by atoms with Crippen molar-refractivity contribution in [3.63, 3.8) is 0 Å². The Hall–Kier alpha value is -2.31. The zero-order chi connectivity index (χ0) is 13.0. The van der Waals surface area contributed by atoms with Gasteiger partial charge in [0.1, 0.15) is 5.69 Å². The van der Waals surface area contributed by atoms with Crippen LogP contribution in [0.5, 0.6) is 0 Å². The molecule has 17 heavy (non-hydrogen) atoms. The number of hydrogen-bond donors (Lipinski definition) is 1. The molecule has 0 spiro atoms. The van der Waals surface area contributed by atoms with Crippen LogP contribution < -0.4 is 10.2 Å². The van der Waals surface area contributed by atoms with Gasteiger partial charge in [0.2, 0.25) is 0 Å². The van der Waals surface area contributed by atoms with E-state index in [0.29, 0.717) is 11.4 Å². The lowest BCUT2D eigenvalue weighted by atomic mass is 10.2. The Labute approximate surface area is 98.1 Å². The summed E-state index contributed by atoms with van der Waals surface area (Å²) in [5.74, 6) is 0. The van der Waals surface area contributed by atoms with Gasteiger partial charge >= 0.3 is 6.09 Å². The number of nitrogens with one attached hydrogen (secondary N) is 1. The molecule has 7 heteroatoms. The summed E-state index contributed by atoms with van der Waals surface area (Å²) in [5.41, 5.74) is 0.698. The van der Waals surface area contributed by atoms with Crippen molar-refractivity contribution in [3.05, 3.63) is 28.3 Å². The maximum atomic E-state index is 11.0. The number of ether oxygens (including phenoxy) is 1. The monoisotopic (exact) mass is 239 g/mol. The first-order valence-electron chi connectivity index (χ1n) is 4.76. The molecule has 1 amide bonds. The molecule has 1 N–H and O–H groups in total. The molecule has 0 heterocycles. The lowest BCUT2D eigenvalue weighted by molar-refractivity contribution is -0.384. The van der Waals surface area contributed by atoms with Gasteiger partial charge in [-0.05, 0) is 12.1 Å². The highest BCUT2D eigenvalue weighted by Crippen LogP contribution is 2.29. The van der Waals surface area contributed by atoms with Crippen molar-refractivity contribution < 1.29 is 14.5 Å². The topological polar surface area (TPSA) is 84.7 Å². The number of nitro benzene ring substituents is 1. The molecule has 0 aliphatic rings. The second kappa shape index (κ2) is 5.15. The Balaban J connectivity index is 3.10. The molecule has 1 aromatic carbocycles. The van der Waals surface area contributed by atoms with Crippen molar-refractivity contribution in [2.75, 3.05) is 31.4 Å². The Morgan fingerprint density at radius 2 is 2.12 bits per heavy atom. The molecule has 0 unspecified atom stereocenters. The van der Waals surface area contributed by atoms with Gasteiger partial charge < -0.3 is 9.64 Å². The summed E-state index contributed by atoms with van der Waals surface area (Å²) >= 11 is 0. The summed E-state index contributed by atoms with van der Waals surface area (Å²) in [4.78, 5) is 23.0. The molecule has 0 atom stereocenters. The third-order valence-corrected chi connectivity index (χ3v) is 2.09. The smallest absolute Gasteiger partial charge is 0.411 e. The minimum Gasteiger partial charge on any atom is -0.453 e. The number of anilines is 2. The number of nitrogens with zero attached hydrogens (tertiary/aromatic N) is 2. The van der Waals surface area contributed by atoms with Crippen LogP contribution in [0.1, 0.15) is 0 Å². The summed E-state index contributed by atoms with van der Waals surface area (Å²) in [6, 6.07) is 4.41. The number of benzene rings is 1. The summed E-state index contributed by atoms with van der Waals surface area (Å²) in [7, 11) is 4.63.